The van der Waals surface area contributed by atoms with Gasteiger partial charge in [-0.05, 0) is 48.1 Å². The van der Waals surface area contributed by atoms with Crippen LogP contribution in [0.25, 0.3) is 0 Å². The molecule has 2 amide bonds. The molecule has 3 N–H and O–H groups in total. The highest BCUT2D eigenvalue weighted by Crippen LogP contribution is 2.35. The van der Waals surface area contributed by atoms with Crippen LogP contribution >= 0.6 is 11.8 Å². The molecule has 0 aromatic heterocycles. The lowest BCUT2D eigenvalue weighted by Gasteiger charge is -2.32. The highest BCUT2D eigenvalue weighted by Gasteiger charge is 2.33. The Kier molecular flexibility index (Phi) is 4.82. The number of urea groups is 1. The Morgan fingerprint density at radius 1 is 1.52 bits per heavy atom. The van der Waals surface area contributed by atoms with E-state index >= 15 is 0 Å². The van der Waals surface area contributed by atoms with Gasteiger partial charge in [-0.15, -0.1) is 0 Å². The summed E-state index contributed by atoms with van der Waals surface area (Å²) in [4.78, 5) is 12.2. The molecule has 0 bridgehead atoms. The predicted molar refractivity (Wildman–Crippen MR) is 90.1 cm³/mol. The number of thioether (sulfide) groups is 1. The summed E-state index contributed by atoms with van der Waals surface area (Å²) in [7, 11) is 0. The standard InChI is InChI=1S/C17H23FN2O2S/c1-11-5-6-12-13(3-2-4-14(12)18)15(11)20-16(21)19-9-17(22)7-8-23-10-17/h2-4,11,15,22H,5-10H2,1H3,(H2,19,20,21)/t11-,15-,17-/m1/s1. The highest BCUT2D eigenvalue weighted by molar-refractivity contribution is 7.99. The van der Waals surface area contributed by atoms with Crippen LogP contribution in [0, 0.1) is 11.7 Å². The van der Waals surface area contributed by atoms with Gasteiger partial charge in [0.1, 0.15) is 5.82 Å². The maximum Gasteiger partial charge on any atom is 0.315 e. The van der Waals surface area contributed by atoms with Gasteiger partial charge in [0.15, 0.2) is 0 Å². The fraction of sp³-hybridized carbons (Fsp3) is 0.588. The van der Waals surface area contributed by atoms with Crippen LogP contribution in [-0.4, -0.2) is 34.8 Å². The van der Waals surface area contributed by atoms with Crippen molar-refractivity contribution in [2.75, 3.05) is 18.1 Å². The first-order valence-corrected chi connectivity index (χ1v) is 9.26. The molecular weight excluding hydrogens is 315 g/mol. The van der Waals surface area contributed by atoms with Crippen molar-refractivity contribution in [3.05, 3.63) is 35.1 Å². The summed E-state index contributed by atoms with van der Waals surface area (Å²) in [5.41, 5.74) is 0.778. The summed E-state index contributed by atoms with van der Waals surface area (Å²) < 4.78 is 13.9. The lowest BCUT2D eigenvalue weighted by Crippen LogP contribution is -2.48. The lowest BCUT2D eigenvalue weighted by atomic mass is 9.80. The summed E-state index contributed by atoms with van der Waals surface area (Å²) in [5, 5.41) is 16.0. The fourth-order valence-electron chi connectivity index (χ4n) is 3.37. The summed E-state index contributed by atoms with van der Waals surface area (Å²) >= 11 is 1.70. The second kappa shape index (κ2) is 6.69. The molecule has 1 aliphatic heterocycles. The lowest BCUT2D eigenvalue weighted by molar-refractivity contribution is 0.0697. The van der Waals surface area contributed by atoms with Gasteiger partial charge >= 0.3 is 6.03 Å². The van der Waals surface area contributed by atoms with Gasteiger partial charge in [-0.3, -0.25) is 0 Å². The Hall–Kier alpha value is -1.27. The molecule has 1 heterocycles. The molecule has 4 nitrogen and oxygen atoms in total. The van der Waals surface area contributed by atoms with E-state index in [-0.39, 0.29) is 30.4 Å². The average molecular weight is 338 g/mol. The number of aliphatic hydroxyl groups is 1. The number of hydrogen-bond donors (Lipinski definition) is 3. The van der Waals surface area contributed by atoms with E-state index in [4.69, 9.17) is 0 Å². The predicted octanol–water partition coefficient (Wildman–Crippen LogP) is 2.62. The number of halogens is 1. The van der Waals surface area contributed by atoms with Gasteiger partial charge in [0.25, 0.3) is 0 Å². The van der Waals surface area contributed by atoms with Gasteiger partial charge in [-0.1, -0.05) is 19.1 Å². The highest BCUT2D eigenvalue weighted by atomic mass is 32.2. The number of benzene rings is 1. The molecule has 0 radical (unpaired) electrons. The number of carbonyl (C=O) groups is 1. The van der Waals surface area contributed by atoms with Crippen molar-refractivity contribution in [2.24, 2.45) is 5.92 Å². The molecule has 1 aromatic rings. The SMILES string of the molecule is C[C@@H]1CCc2c(F)cccc2[C@@H]1NC(=O)NC[C@]1(O)CCSC1. The summed E-state index contributed by atoms with van der Waals surface area (Å²) in [6.45, 7) is 2.32. The van der Waals surface area contributed by atoms with Crippen LogP contribution in [0.3, 0.4) is 0 Å². The first-order valence-electron chi connectivity index (χ1n) is 8.10. The van der Waals surface area contributed by atoms with E-state index in [1.165, 1.54) is 6.07 Å². The van der Waals surface area contributed by atoms with Crippen LogP contribution in [0.15, 0.2) is 18.2 Å². The Labute approximate surface area is 140 Å². The number of fused-ring (bicyclic) bond motifs is 1. The number of carbonyl (C=O) groups excluding carboxylic acids is 1. The van der Waals surface area contributed by atoms with Crippen LogP contribution in [0.4, 0.5) is 9.18 Å². The molecule has 3 atom stereocenters. The fourth-order valence-corrected chi connectivity index (χ4v) is 4.66. The van der Waals surface area contributed by atoms with E-state index in [9.17, 15) is 14.3 Å². The van der Waals surface area contributed by atoms with Gasteiger partial charge in [0.05, 0.1) is 11.6 Å². The Balaban J connectivity index is 1.65. The third-order valence-corrected chi connectivity index (χ3v) is 6.09. The van der Waals surface area contributed by atoms with E-state index in [1.54, 1.807) is 17.8 Å². The van der Waals surface area contributed by atoms with E-state index in [0.717, 1.165) is 17.7 Å². The number of nitrogens with one attached hydrogen (secondary N) is 2. The Morgan fingerprint density at radius 2 is 2.35 bits per heavy atom. The van der Waals surface area contributed by atoms with Crippen molar-refractivity contribution < 1.29 is 14.3 Å². The second-order valence-electron chi connectivity index (χ2n) is 6.66. The quantitative estimate of drug-likeness (QED) is 0.794. The minimum atomic E-state index is -0.801. The molecule has 1 saturated heterocycles. The zero-order valence-corrected chi connectivity index (χ0v) is 14.1. The van der Waals surface area contributed by atoms with Crippen LogP contribution in [-0.2, 0) is 6.42 Å². The van der Waals surface area contributed by atoms with Gasteiger partial charge in [0, 0.05) is 12.3 Å². The maximum absolute atomic E-state index is 13.9. The molecule has 0 unspecified atom stereocenters. The minimum absolute atomic E-state index is 0.193. The van der Waals surface area contributed by atoms with E-state index < -0.39 is 5.60 Å². The minimum Gasteiger partial charge on any atom is -0.387 e. The van der Waals surface area contributed by atoms with Crippen LogP contribution in [0.5, 0.6) is 0 Å². The third-order valence-electron chi connectivity index (χ3n) is 4.86. The van der Waals surface area contributed by atoms with Crippen molar-refractivity contribution in [3.8, 4) is 0 Å². The smallest absolute Gasteiger partial charge is 0.315 e. The van der Waals surface area contributed by atoms with Crippen molar-refractivity contribution in [1.29, 1.82) is 0 Å². The molecule has 0 saturated carbocycles. The molecule has 1 aromatic carbocycles. The van der Waals surface area contributed by atoms with Crippen LogP contribution in [0.2, 0.25) is 0 Å². The molecular formula is C17H23FN2O2S. The van der Waals surface area contributed by atoms with Gasteiger partial charge in [-0.2, -0.15) is 11.8 Å². The van der Waals surface area contributed by atoms with Gasteiger partial charge in [0.2, 0.25) is 0 Å². The molecule has 3 rings (SSSR count). The second-order valence-corrected chi connectivity index (χ2v) is 7.76. The largest absolute Gasteiger partial charge is 0.387 e. The van der Waals surface area contributed by atoms with E-state index in [1.807, 2.05) is 6.07 Å². The topological polar surface area (TPSA) is 61.4 Å². The Bertz CT molecular complexity index is 590. The average Bonchev–Trinajstić information content (AvgIpc) is 2.96. The van der Waals surface area contributed by atoms with Crippen molar-refractivity contribution >= 4 is 17.8 Å². The maximum atomic E-state index is 13.9. The van der Waals surface area contributed by atoms with Gasteiger partial charge < -0.3 is 15.7 Å². The summed E-state index contributed by atoms with van der Waals surface area (Å²) in [5.74, 6) is 1.63. The van der Waals surface area contributed by atoms with Crippen molar-refractivity contribution in [1.82, 2.24) is 10.6 Å². The Morgan fingerprint density at radius 3 is 3.09 bits per heavy atom. The molecule has 6 heteroatoms. The summed E-state index contributed by atoms with van der Waals surface area (Å²) in [6, 6.07) is 4.56. The van der Waals surface area contributed by atoms with Crippen LogP contribution in [0.1, 0.15) is 36.9 Å². The molecule has 0 spiro atoms. The van der Waals surface area contributed by atoms with E-state index in [2.05, 4.69) is 17.6 Å². The molecule has 23 heavy (non-hydrogen) atoms. The number of rotatable bonds is 3. The zero-order valence-electron chi connectivity index (χ0n) is 13.3. The van der Waals surface area contributed by atoms with Crippen molar-refractivity contribution in [3.63, 3.8) is 0 Å². The monoisotopic (exact) mass is 338 g/mol. The zero-order chi connectivity index (χ0) is 16.4. The van der Waals surface area contributed by atoms with Crippen LogP contribution < -0.4 is 10.6 Å². The molecule has 1 aliphatic carbocycles. The molecule has 2 aliphatic rings. The number of hydrogen-bond acceptors (Lipinski definition) is 3. The van der Waals surface area contributed by atoms with E-state index in [0.29, 0.717) is 24.2 Å². The first kappa shape index (κ1) is 16.6. The normalized spacial score (nSPS) is 29.9. The first-order chi connectivity index (χ1) is 11.0. The summed E-state index contributed by atoms with van der Waals surface area (Å²) in [6.07, 6.45) is 2.26. The van der Waals surface area contributed by atoms with Gasteiger partial charge in [-0.25, -0.2) is 9.18 Å². The molecule has 126 valence electrons. The van der Waals surface area contributed by atoms with Crippen molar-refractivity contribution in [2.45, 2.75) is 37.8 Å². The third kappa shape index (κ3) is 3.63. The molecule has 1 fully saturated rings. The number of amides is 2.